The van der Waals surface area contributed by atoms with E-state index in [1.54, 1.807) is 24.3 Å². The molecule has 0 fully saturated rings. The third-order valence-electron chi connectivity index (χ3n) is 3.40. The molecule has 4 nitrogen and oxygen atoms in total. The Labute approximate surface area is 133 Å². The van der Waals surface area contributed by atoms with Gasteiger partial charge in [0, 0.05) is 15.6 Å². The van der Waals surface area contributed by atoms with E-state index < -0.39 is 18.3 Å². The van der Waals surface area contributed by atoms with Crippen LogP contribution in [0.4, 0.5) is 4.39 Å². The first-order valence-electron chi connectivity index (χ1n) is 6.43. The van der Waals surface area contributed by atoms with Crippen molar-refractivity contribution in [3.63, 3.8) is 0 Å². The molecule has 3 N–H and O–H groups in total. The number of hydrogen-bond donors (Lipinski definition) is 2. The highest BCUT2D eigenvalue weighted by molar-refractivity contribution is 9.10. The van der Waals surface area contributed by atoms with E-state index in [2.05, 4.69) is 15.9 Å². The van der Waals surface area contributed by atoms with Gasteiger partial charge in [0.05, 0.1) is 17.6 Å². The van der Waals surface area contributed by atoms with Gasteiger partial charge in [0.15, 0.2) is 0 Å². The summed E-state index contributed by atoms with van der Waals surface area (Å²) in [6.45, 7) is -0.473. The first-order chi connectivity index (χ1) is 10.5. The Bertz CT molecular complexity index is 871. The van der Waals surface area contributed by atoms with Crippen molar-refractivity contribution in [3.8, 4) is 11.3 Å². The Morgan fingerprint density at radius 2 is 1.91 bits per heavy atom. The summed E-state index contributed by atoms with van der Waals surface area (Å²) in [5.74, 6) is -1.27. The van der Waals surface area contributed by atoms with Crippen LogP contribution in [0.3, 0.4) is 0 Å². The Morgan fingerprint density at radius 3 is 2.50 bits per heavy atom. The number of carbonyl (C=O) groups is 1. The van der Waals surface area contributed by atoms with Gasteiger partial charge >= 0.3 is 0 Å². The summed E-state index contributed by atoms with van der Waals surface area (Å²) < 4.78 is 20.9. The molecule has 0 atom stereocenters. The number of nitrogens with two attached hydrogens (primary N) is 1. The largest absolute Gasteiger partial charge is 0.455 e. The van der Waals surface area contributed by atoms with Crippen LogP contribution in [0.15, 0.2) is 45.3 Å². The third kappa shape index (κ3) is 2.30. The quantitative estimate of drug-likeness (QED) is 0.746. The second-order valence-electron chi connectivity index (χ2n) is 4.75. The summed E-state index contributed by atoms with van der Waals surface area (Å²) >= 11 is 3.32. The standard InChI is InChI=1S/C16H11BrFNO3/c17-10-4-1-8(2-5-10)15-13(16(19)21)12-11(22-15)6-3-9(7-20)14(12)18/h1-6,20H,7H2,(H2,19,21). The number of fused-ring (bicyclic) bond motifs is 1. The second kappa shape index (κ2) is 5.55. The normalized spacial score (nSPS) is 11.0. The predicted molar refractivity (Wildman–Crippen MR) is 83.7 cm³/mol. The summed E-state index contributed by atoms with van der Waals surface area (Å²) in [7, 11) is 0. The zero-order valence-electron chi connectivity index (χ0n) is 11.3. The van der Waals surface area contributed by atoms with Gasteiger partial charge in [-0.2, -0.15) is 0 Å². The fraction of sp³-hybridized carbons (Fsp3) is 0.0625. The molecule has 1 amide bonds. The lowest BCUT2D eigenvalue weighted by molar-refractivity contribution is 0.100. The van der Waals surface area contributed by atoms with Gasteiger partial charge in [-0.15, -0.1) is 0 Å². The Balaban J connectivity index is 2.36. The van der Waals surface area contributed by atoms with E-state index in [1.807, 2.05) is 0 Å². The lowest BCUT2D eigenvalue weighted by Crippen LogP contribution is -2.12. The SMILES string of the molecule is NC(=O)c1c(-c2ccc(Br)cc2)oc2ccc(CO)c(F)c12. The summed E-state index contributed by atoms with van der Waals surface area (Å²) in [6, 6.07) is 9.96. The molecule has 0 bridgehead atoms. The molecule has 0 unspecified atom stereocenters. The number of carbonyl (C=O) groups excluding carboxylic acids is 1. The van der Waals surface area contributed by atoms with Crippen LogP contribution in [0.2, 0.25) is 0 Å². The molecule has 0 spiro atoms. The van der Waals surface area contributed by atoms with Crippen molar-refractivity contribution < 1.29 is 18.7 Å². The van der Waals surface area contributed by atoms with Gasteiger partial charge in [0.2, 0.25) is 0 Å². The molecule has 1 aromatic heterocycles. The maximum absolute atomic E-state index is 14.4. The molecule has 1 heterocycles. The Morgan fingerprint density at radius 1 is 1.23 bits per heavy atom. The number of halogens is 2. The number of aliphatic hydroxyl groups excluding tert-OH is 1. The van der Waals surface area contributed by atoms with Gasteiger partial charge in [-0.05, 0) is 18.2 Å². The van der Waals surface area contributed by atoms with Crippen LogP contribution in [-0.2, 0) is 6.61 Å². The molecule has 3 aromatic rings. The van der Waals surface area contributed by atoms with Gasteiger partial charge < -0.3 is 15.3 Å². The number of primary amides is 1. The number of aliphatic hydroxyl groups is 1. The van der Waals surface area contributed by atoms with Gasteiger partial charge in [-0.3, -0.25) is 4.79 Å². The Hall–Kier alpha value is -2.18. The second-order valence-corrected chi connectivity index (χ2v) is 5.66. The van der Waals surface area contributed by atoms with E-state index in [0.29, 0.717) is 5.56 Å². The van der Waals surface area contributed by atoms with E-state index in [1.165, 1.54) is 12.1 Å². The van der Waals surface area contributed by atoms with Crippen LogP contribution in [0.5, 0.6) is 0 Å². The van der Waals surface area contributed by atoms with E-state index in [0.717, 1.165) is 4.47 Å². The summed E-state index contributed by atoms with van der Waals surface area (Å²) in [6.07, 6.45) is 0. The lowest BCUT2D eigenvalue weighted by atomic mass is 10.0. The highest BCUT2D eigenvalue weighted by Crippen LogP contribution is 2.36. The molecular weight excluding hydrogens is 353 g/mol. The summed E-state index contributed by atoms with van der Waals surface area (Å²) in [4.78, 5) is 11.8. The molecule has 0 radical (unpaired) electrons. The van der Waals surface area contributed by atoms with Gasteiger partial charge in [-0.1, -0.05) is 34.1 Å². The van der Waals surface area contributed by atoms with E-state index >= 15 is 0 Å². The van der Waals surface area contributed by atoms with Gasteiger partial charge in [0.1, 0.15) is 17.2 Å². The fourth-order valence-corrected chi connectivity index (χ4v) is 2.62. The van der Waals surface area contributed by atoms with Crippen LogP contribution in [-0.4, -0.2) is 11.0 Å². The maximum Gasteiger partial charge on any atom is 0.253 e. The van der Waals surface area contributed by atoms with E-state index in [4.69, 9.17) is 15.3 Å². The van der Waals surface area contributed by atoms with Crippen molar-refractivity contribution in [1.29, 1.82) is 0 Å². The first kappa shape index (κ1) is 14.7. The van der Waals surface area contributed by atoms with Crippen molar-refractivity contribution in [2.75, 3.05) is 0 Å². The number of amides is 1. The topological polar surface area (TPSA) is 76.5 Å². The van der Waals surface area contributed by atoms with Gasteiger partial charge in [-0.25, -0.2) is 4.39 Å². The molecule has 3 rings (SSSR count). The molecule has 0 saturated heterocycles. The minimum atomic E-state index is -0.786. The highest BCUT2D eigenvalue weighted by atomic mass is 79.9. The zero-order chi connectivity index (χ0) is 15.9. The maximum atomic E-state index is 14.4. The average molecular weight is 364 g/mol. The van der Waals surface area contributed by atoms with Crippen LogP contribution in [0, 0.1) is 5.82 Å². The molecule has 0 aliphatic carbocycles. The zero-order valence-corrected chi connectivity index (χ0v) is 12.9. The van der Waals surface area contributed by atoms with Crippen LogP contribution < -0.4 is 5.73 Å². The monoisotopic (exact) mass is 363 g/mol. The van der Waals surface area contributed by atoms with E-state index in [9.17, 15) is 9.18 Å². The number of benzene rings is 2. The van der Waals surface area contributed by atoms with Crippen molar-refractivity contribution >= 4 is 32.8 Å². The summed E-state index contributed by atoms with van der Waals surface area (Å²) in [5, 5.41) is 9.17. The minimum absolute atomic E-state index is 0.00281. The number of rotatable bonds is 3. The lowest BCUT2D eigenvalue weighted by Gasteiger charge is -2.02. The highest BCUT2D eigenvalue weighted by Gasteiger charge is 2.24. The van der Waals surface area contributed by atoms with Crippen molar-refractivity contribution in [2.24, 2.45) is 5.73 Å². The first-order valence-corrected chi connectivity index (χ1v) is 7.22. The fourth-order valence-electron chi connectivity index (χ4n) is 2.36. The predicted octanol–water partition coefficient (Wildman–Crippen LogP) is 3.59. The molecule has 6 heteroatoms. The smallest absolute Gasteiger partial charge is 0.253 e. The molecule has 112 valence electrons. The van der Waals surface area contributed by atoms with Crippen molar-refractivity contribution in [3.05, 3.63) is 57.8 Å². The van der Waals surface area contributed by atoms with Crippen LogP contribution in [0.1, 0.15) is 15.9 Å². The number of furan rings is 1. The Kier molecular flexibility index (Phi) is 3.72. The molecule has 0 aliphatic heterocycles. The molecule has 0 aliphatic rings. The molecular formula is C16H11BrFNO3. The third-order valence-corrected chi connectivity index (χ3v) is 3.92. The van der Waals surface area contributed by atoms with E-state index in [-0.39, 0.29) is 27.9 Å². The minimum Gasteiger partial charge on any atom is -0.455 e. The van der Waals surface area contributed by atoms with Crippen LogP contribution >= 0.6 is 15.9 Å². The average Bonchev–Trinajstić information content (AvgIpc) is 2.89. The van der Waals surface area contributed by atoms with Crippen molar-refractivity contribution in [2.45, 2.75) is 6.61 Å². The molecule has 2 aromatic carbocycles. The van der Waals surface area contributed by atoms with Crippen LogP contribution in [0.25, 0.3) is 22.3 Å². The molecule has 0 saturated carbocycles. The van der Waals surface area contributed by atoms with Crippen molar-refractivity contribution in [1.82, 2.24) is 0 Å². The van der Waals surface area contributed by atoms with Gasteiger partial charge in [0.25, 0.3) is 5.91 Å². The molecule has 22 heavy (non-hydrogen) atoms. The summed E-state index contributed by atoms with van der Waals surface area (Å²) in [5.41, 5.74) is 6.29. The number of hydrogen-bond acceptors (Lipinski definition) is 3.